The summed E-state index contributed by atoms with van der Waals surface area (Å²) in [5.41, 5.74) is 8.00. The second kappa shape index (κ2) is 11.7. The van der Waals surface area contributed by atoms with Gasteiger partial charge in [-0.3, -0.25) is 25.0 Å². The number of benzene rings is 3. The Morgan fingerprint density at radius 3 is 2.43 bits per heavy atom. The van der Waals surface area contributed by atoms with E-state index in [1.165, 1.54) is 18.2 Å². The first-order chi connectivity index (χ1) is 17.5. The van der Waals surface area contributed by atoms with Crippen LogP contribution >= 0.6 is 11.6 Å². The van der Waals surface area contributed by atoms with Crippen molar-refractivity contribution in [3.63, 3.8) is 0 Å². The fourth-order valence-corrected chi connectivity index (χ4v) is 3.88. The summed E-state index contributed by atoms with van der Waals surface area (Å²) < 4.78 is 29.6. The standard InChI is InChI=1S/C17H15ClN6O2.C7H8O3S/c1-2-20-16(19)23-17-21-13-8-7-10(18)9-12(13)15(22-17)11-5-3-4-6-14(11)24(25)26;1-6-2-4-7(5-3-6)11(8,9)10/h3-9H,2H2,1H3,(H3,19,20,21,22,23);2-5H,1H3,(H,8,9,10). The first kappa shape index (κ1) is 27.5. The van der Waals surface area contributed by atoms with Crippen molar-refractivity contribution in [2.45, 2.75) is 18.7 Å². The molecule has 1 aromatic heterocycles. The number of nitro groups is 1. The van der Waals surface area contributed by atoms with Gasteiger partial charge in [0.1, 0.15) is 0 Å². The fraction of sp³-hybridized carbons (Fsp3) is 0.125. The first-order valence-corrected chi connectivity index (χ1v) is 12.6. The molecule has 13 heteroatoms. The van der Waals surface area contributed by atoms with Crippen LogP contribution in [0.5, 0.6) is 0 Å². The Labute approximate surface area is 218 Å². The van der Waals surface area contributed by atoms with Crippen LogP contribution in [0.2, 0.25) is 5.02 Å². The molecule has 0 aliphatic heterocycles. The molecule has 4 N–H and O–H groups in total. The van der Waals surface area contributed by atoms with Crippen molar-refractivity contribution >= 4 is 50.2 Å². The molecule has 0 fully saturated rings. The average Bonchev–Trinajstić information content (AvgIpc) is 2.84. The third kappa shape index (κ3) is 7.19. The predicted molar refractivity (Wildman–Crippen MR) is 143 cm³/mol. The number of aromatic nitrogens is 2. The van der Waals surface area contributed by atoms with Gasteiger partial charge in [0, 0.05) is 23.0 Å². The highest BCUT2D eigenvalue weighted by Gasteiger charge is 2.19. The van der Waals surface area contributed by atoms with Crippen LogP contribution in [-0.2, 0) is 10.1 Å². The number of hydrogen-bond acceptors (Lipinski definition) is 7. The largest absolute Gasteiger partial charge is 0.370 e. The molecular weight excluding hydrogens is 520 g/mol. The van der Waals surface area contributed by atoms with Gasteiger partial charge in [-0.25, -0.2) is 9.97 Å². The lowest BCUT2D eigenvalue weighted by Crippen LogP contribution is -2.24. The SMILES string of the molecule is CCN=C(N)Nc1nc(-c2ccccc2[N+](=O)[O-])c2cc(Cl)ccc2n1.Cc1ccc(S(=O)(=O)O)cc1. The summed E-state index contributed by atoms with van der Waals surface area (Å²) in [6.07, 6.45) is 0. The summed E-state index contributed by atoms with van der Waals surface area (Å²) in [7, 11) is -4.02. The molecule has 1 heterocycles. The Hall–Kier alpha value is -4.13. The highest BCUT2D eigenvalue weighted by molar-refractivity contribution is 7.85. The number of para-hydroxylation sites is 1. The normalized spacial score (nSPS) is 11.5. The van der Waals surface area contributed by atoms with E-state index in [4.69, 9.17) is 21.9 Å². The van der Waals surface area contributed by atoms with Gasteiger partial charge in [-0.15, -0.1) is 0 Å². The van der Waals surface area contributed by atoms with Crippen LogP contribution in [0, 0.1) is 17.0 Å². The number of rotatable bonds is 5. The van der Waals surface area contributed by atoms with Gasteiger partial charge in [0.2, 0.25) is 5.95 Å². The van der Waals surface area contributed by atoms with E-state index in [1.807, 2.05) is 13.8 Å². The zero-order chi connectivity index (χ0) is 27.2. The van der Waals surface area contributed by atoms with Crippen LogP contribution in [0.25, 0.3) is 22.2 Å². The van der Waals surface area contributed by atoms with E-state index >= 15 is 0 Å². The van der Waals surface area contributed by atoms with E-state index < -0.39 is 15.0 Å². The highest BCUT2D eigenvalue weighted by Crippen LogP contribution is 2.34. The molecular formula is C24H23ClN6O5S. The van der Waals surface area contributed by atoms with Crippen molar-refractivity contribution in [3.05, 3.63) is 87.4 Å². The smallest absolute Gasteiger partial charge is 0.294 e. The molecule has 0 atom stereocenters. The minimum absolute atomic E-state index is 0.0615. The monoisotopic (exact) mass is 542 g/mol. The van der Waals surface area contributed by atoms with Gasteiger partial charge in [-0.2, -0.15) is 8.42 Å². The van der Waals surface area contributed by atoms with Gasteiger partial charge >= 0.3 is 0 Å². The molecule has 0 unspecified atom stereocenters. The summed E-state index contributed by atoms with van der Waals surface area (Å²) in [4.78, 5) is 23.8. The van der Waals surface area contributed by atoms with Crippen LogP contribution in [0.15, 0.2) is 76.6 Å². The molecule has 0 spiro atoms. The minimum atomic E-state index is -4.02. The molecule has 11 nitrogen and oxygen atoms in total. The van der Waals surface area contributed by atoms with Crippen molar-refractivity contribution in [2.24, 2.45) is 10.7 Å². The number of nitrogens with zero attached hydrogens (tertiary/aromatic N) is 4. The summed E-state index contributed by atoms with van der Waals surface area (Å²) in [6, 6.07) is 17.4. The molecule has 0 aliphatic rings. The predicted octanol–water partition coefficient (Wildman–Crippen LogP) is 4.85. The molecule has 3 aromatic carbocycles. The van der Waals surface area contributed by atoms with E-state index in [-0.39, 0.29) is 22.5 Å². The third-order valence-electron chi connectivity index (χ3n) is 4.90. The maximum absolute atomic E-state index is 11.4. The Bertz CT molecular complexity index is 1580. The van der Waals surface area contributed by atoms with Crippen LogP contribution in [-0.4, -0.2) is 40.4 Å². The Morgan fingerprint density at radius 2 is 1.81 bits per heavy atom. The number of anilines is 1. The number of halogens is 1. The Kier molecular flexibility index (Phi) is 8.71. The molecule has 0 bridgehead atoms. The van der Waals surface area contributed by atoms with Crippen LogP contribution in [0.3, 0.4) is 0 Å². The van der Waals surface area contributed by atoms with Gasteiger partial charge in [0.15, 0.2) is 5.96 Å². The second-order valence-electron chi connectivity index (χ2n) is 7.60. The number of aryl methyl sites for hydroxylation is 1. The van der Waals surface area contributed by atoms with Crippen LogP contribution in [0.1, 0.15) is 12.5 Å². The van der Waals surface area contributed by atoms with Crippen molar-refractivity contribution in [1.82, 2.24) is 9.97 Å². The number of hydrogen-bond donors (Lipinski definition) is 3. The molecule has 0 amide bonds. The molecule has 0 saturated heterocycles. The van der Waals surface area contributed by atoms with Gasteiger partial charge in [0.05, 0.1) is 26.6 Å². The molecule has 4 aromatic rings. The van der Waals surface area contributed by atoms with Crippen molar-refractivity contribution in [1.29, 1.82) is 0 Å². The minimum Gasteiger partial charge on any atom is -0.370 e. The number of nitro benzene ring substituents is 1. The average molecular weight is 543 g/mol. The fourth-order valence-electron chi connectivity index (χ4n) is 3.23. The second-order valence-corrected chi connectivity index (χ2v) is 9.46. The van der Waals surface area contributed by atoms with Crippen molar-refractivity contribution in [2.75, 3.05) is 11.9 Å². The lowest BCUT2D eigenvalue weighted by molar-refractivity contribution is -0.384. The number of aliphatic imine (C=N–C) groups is 1. The summed E-state index contributed by atoms with van der Waals surface area (Å²) in [6.45, 7) is 4.18. The Morgan fingerprint density at radius 1 is 1.14 bits per heavy atom. The molecule has 0 aliphatic carbocycles. The van der Waals surface area contributed by atoms with Gasteiger partial charge in [-0.05, 0) is 50.2 Å². The van der Waals surface area contributed by atoms with Crippen molar-refractivity contribution in [3.8, 4) is 11.3 Å². The van der Waals surface area contributed by atoms with E-state index in [2.05, 4.69) is 20.3 Å². The van der Waals surface area contributed by atoms with Gasteiger partial charge in [0.25, 0.3) is 15.8 Å². The molecule has 37 heavy (non-hydrogen) atoms. The number of nitrogens with one attached hydrogen (secondary N) is 1. The van der Waals surface area contributed by atoms with E-state index in [9.17, 15) is 18.5 Å². The lowest BCUT2D eigenvalue weighted by atomic mass is 10.0. The molecule has 0 saturated carbocycles. The summed E-state index contributed by atoms with van der Waals surface area (Å²) in [5, 5.41) is 15.3. The first-order valence-electron chi connectivity index (χ1n) is 10.8. The number of nitrogens with two attached hydrogens (primary N) is 1. The van der Waals surface area contributed by atoms with E-state index in [0.717, 1.165) is 5.56 Å². The molecule has 192 valence electrons. The van der Waals surface area contributed by atoms with Crippen LogP contribution in [0.4, 0.5) is 11.6 Å². The van der Waals surface area contributed by atoms with Crippen molar-refractivity contribution < 1.29 is 17.9 Å². The zero-order valence-electron chi connectivity index (χ0n) is 19.8. The quantitative estimate of drug-likeness (QED) is 0.105. The van der Waals surface area contributed by atoms with E-state index in [1.54, 1.807) is 48.5 Å². The van der Waals surface area contributed by atoms with E-state index in [0.29, 0.717) is 33.7 Å². The molecule has 4 rings (SSSR count). The van der Waals surface area contributed by atoms with Crippen LogP contribution < -0.4 is 11.1 Å². The van der Waals surface area contributed by atoms with Gasteiger partial charge in [-0.1, -0.05) is 41.4 Å². The number of fused-ring (bicyclic) bond motifs is 1. The number of guanidine groups is 1. The Balaban J connectivity index is 0.000000289. The zero-order valence-corrected chi connectivity index (χ0v) is 21.4. The third-order valence-corrected chi connectivity index (χ3v) is 6.00. The molecule has 0 radical (unpaired) electrons. The summed E-state index contributed by atoms with van der Waals surface area (Å²) >= 11 is 6.10. The van der Waals surface area contributed by atoms with Gasteiger partial charge < -0.3 is 5.73 Å². The summed E-state index contributed by atoms with van der Waals surface area (Å²) in [5.74, 6) is 0.358. The maximum atomic E-state index is 11.4. The topological polar surface area (TPSA) is 174 Å². The lowest BCUT2D eigenvalue weighted by Gasteiger charge is -2.10. The highest BCUT2D eigenvalue weighted by atomic mass is 35.5. The maximum Gasteiger partial charge on any atom is 0.294 e.